The van der Waals surface area contributed by atoms with Crippen LogP contribution in [-0.4, -0.2) is 11.5 Å². The number of aromatic amines is 1. The molecule has 1 aromatic heterocycles. The number of aryl methyl sites for hydroxylation is 1. The van der Waals surface area contributed by atoms with E-state index in [9.17, 15) is 8.78 Å². The van der Waals surface area contributed by atoms with E-state index in [0.29, 0.717) is 17.5 Å². The molecule has 0 amide bonds. The maximum absolute atomic E-state index is 14.7. The van der Waals surface area contributed by atoms with Gasteiger partial charge in [0, 0.05) is 22.5 Å². The Balaban J connectivity index is 1.46. The van der Waals surface area contributed by atoms with Crippen molar-refractivity contribution in [1.82, 2.24) is 4.98 Å². The molecular weight excluding hydrogens is 402 g/mol. The molecule has 168 valence electrons. The van der Waals surface area contributed by atoms with E-state index in [1.807, 2.05) is 0 Å². The summed E-state index contributed by atoms with van der Waals surface area (Å²) in [6.45, 7) is 0.654. The molecule has 1 heterocycles. The van der Waals surface area contributed by atoms with Gasteiger partial charge in [-0.25, -0.2) is 8.78 Å². The zero-order valence-corrected chi connectivity index (χ0v) is 18.6. The van der Waals surface area contributed by atoms with Crippen LogP contribution in [0.3, 0.4) is 0 Å². The van der Waals surface area contributed by atoms with Gasteiger partial charge in [0.05, 0.1) is 5.69 Å². The average Bonchev–Trinajstić information content (AvgIpc) is 3.10. The number of benzene rings is 2. The molecule has 4 heteroatoms. The van der Waals surface area contributed by atoms with Gasteiger partial charge in [-0.05, 0) is 123 Å². The van der Waals surface area contributed by atoms with Gasteiger partial charge in [-0.3, -0.25) is 0 Å². The Labute approximate surface area is 188 Å². The summed E-state index contributed by atoms with van der Waals surface area (Å²) in [6.07, 6.45) is 11.0. The van der Waals surface area contributed by atoms with Gasteiger partial charge in [-0.2, -0.15) is 0 Å². The Morgan fingerprint density at radius 1 is 0.906 bits per heavy atom. The lowest BCUT2D eigenvalue weighted by Gasteiger charge is -2.57. The van der Waals surface area contributed by atoms with Crippen molar-refractivity contribution in [3.8, 4) is 11.3 Å². The maximum atomic E-state index is 14.7. The van der Waals surface area contributed by atoms with E-state index in [1.54, 1.807) is 6.07 Å². The first-order valence-corrected chi connectivity index (χ1v) is 12.4. The summed E-state index contributed by atoms with van der Waals surface area (Å²) >= 11 is 0. The molecule has 0 saturated heterocycles. The maximum Gasteiger partial charge on any atom is 0.135 e. The average molecular weight is 435 g/mol. The lowest BCUT2D eigenvalue weighted by molar-refractivity contribution is -0.00513. The van der Waals surface area contributed by atoms with Gasteiger partial charge in [-0.15, -0.1) is 0 Å². The van der Waals surface area contributed by atoms with Crippen molar-refractivity contribution >= 4 is 10.9 Å². The van der Waals surface area contributed by atoms with Crippen LogP contribution in [0.25, 0.3) is 22.2 Å². The first-order valence-electron chi connectivity index (χ1n) is 12.4. The van der Waals surface area contributed by atoms with Gasteiger partial charge in [0.15, 0.2) is 0 Å². The van der Waals surface area contributed by atoms with Crippen molar-refractivity contribution in [3.63, 3.8) is 0 Å². The second-order valence-corrected chi connectivity index (χ2v) is 10.8. The van der Waals surface area contributed by atoms with Crippen LogP contribution in [0.2, 0.25) is 0 Å². The Morgan fingerprint density at radius 2 is 1.62 bits per heavy atom. The first kappa shape index (κ1) is 20.4. The normalized spacial score (nSPS) is 28.7. The van der Waals surface area contributed by atoms with Crippen molar-refractivity contribution in [1.29, 1.82) is 0 Å². The minimum Gasteiger partial charge on any atom is -0.354 e. The predicted molar refractivity (Wildman–Crippen MR) is 125 cm³/mol. The number of rotatable bonds is 6. The van der Waals surface area contributed by atoms with Crippen LogP contribution >= 0.6 is 0 Å². The third-order valence-electron chi connectivity index (χ3n) is 8.64. The third kappa shape index (κ3) is 3.30. The molecule has 0 aliphatic heterocycles. The fourth-order valence-electron chi connectivity index (χ4n) is 7.67. The van der Waals surface area contributed by atoms with Gasteiger partial charge < -0.3 is 10.7 Å². The van der Waals surface area contributed by atoms with E-state index >= 15 is 0 Å². The molecular formula is C28H32F2N2. The lowest BCUT2D eigenvalue weighted by atomic mass is 9.48. The highest BCUT2D eigenvalue weighted by Crippen LogP contribution is 2.61. The van der Waals surface area contributed by atoms with Crippen LogP contribution < -0.4 is 5.73 Å². The van der Waals surface area contributed by atoms with Crippen LogP contribution in [-0.2, 0) is 11.8 Å². The quantitative estimate of drug-likeness (QED) is 0.409. The zero-order valence-electron chi connectivity index (χ0n) is 18.6. The summed E-state index contributed by atoms with van der Waals surface area (Å²) in [7, 11) is 0. The number of hydrogen-bond acceptors (Lipinski definition) is 1. The molecule has 4 aliphatic rings. The molecule has 0 radical (unpaired) electrons. The van der Waals surface area contributed by atoms with E-state index in [2.05, 4.69) is 23.2 Å². The summed E-state index contributed by atoms with van der Waals surface area (Å²) < 4.78 is 28.3. The minimum atomic E-state index is -0.545. The van der Waals surface area contributed by atoms with Crippen molar-refractivity contribution in [2.45, 2.75) is 63.2 Å². The van der Waals surface area contributed by atoms with Crippen LogP contribution in [0.1, 0.15) is 62.5 Å². The molecule has 3 N–H and O–H groups in total. The number of halogens is 2. The van der Waals surface area contributed by atoms with Gasteiger partial charge >= 0.3 is 0 Å². The van der Waals surface area contributed by atoms with Crippen molar-refractivity contribution < 1.29 is 8.78 Å². The summed E-state index contributed by atoms with van der Waals surface area (Å²) in [5, 5.41) is 1.20. The second kappa shape index (κ2) is 7.69. The summed E-state index contributed by atoms with van der Waals surface area (Å²) in [6, 6.07) is 10.8. The fourth-order valence-corrected chi connectivity index (χ4v) is 7.67. The molecule has 4 fully saturated rings. The smallest absolute Gasteiger partial charge is 0.135 e. The third-order valence-corrected chi connectivity index (χ3v) is 8.64. The predicted octanol–water partition coefficient (Wildman–Crippen LogP) is 6.86. The zero-order chi connectivity index (χ0) is 21.9. The molecule has 4 bridgehead atoms. The van der Waals surface area contributed by atoms with Gasteiger partial charge in [0.1, 0.15) is 11.6 Å². The number of aromatic nitrogens is 1. The van der Waals surface area contributed by atoms with Crippen molar-refractivity contribution in [3.05, 3.63) is 59.2 Å². The molecule has 2 aromatic carbocycles. The van der Waals surface area contributed by atoms with Crippen molar-refractivity contribution in [2.75, 3.05) is 6.54 Å². The first-order chi connectivity index (χ1) is 15.5. The number of nitrogens with one attached hydrogen (secondary N) is 1. The summed E-state index contributed by atoms with van der Waals surface area (Å²) in [5.74, 6) is 1.64. The Hall–Kier alpha value is -2.20. The number of hydrogen-bond donors (Lipinski definition) is 2. The van der Waals surface area contributed by atoms with E-state index in [-0.39, 0.29) is 0 Å². The Morgan fingerprint density at radius 3 is 2.28 bits per heavy atom. The molecule has 4 saturated carbocycles. The topological polar surface area (TPSA) is 41.8 Å². The molecule has 0 spiro atoms. The molecule has 7 rings (SSSR count). The van der Waals surface area contributed by atoms with Gasteiger partial charge in [0.2, 0.25) is 0 Å². The highest BCUT2D eigenvalue weighted by atomic mass is 19.1. The molecule has 2 nitrogen and oxygen atoms in total. The Kier molecular flexibility index (Phi) is 4.90. The fraction of sp³-hybridized carbons (Fsp3) is 0.500. The number of nitrogens with two attached hydrogens (primary N) is 1. The second-order valence-electron chi connectivity index (χ2n) is 10.8. The molecule has 0 atom stereocenters. The van der Waals surface area contributed by atoms with Crippen LogP contribution in [0, 0.1) is 29.4 Å². The van der Waals surface area contributed by atoms with E-state index in [1.165, 1.54) is 55.5 Å². The number of fused-ring (bicyclic) bond motifs is 1. The molecule has 0 unspecified atom stereocenters. The van der Waals surface area contributed by atoms with E-state index in [0.717, 1.165) is 59.9 Å². The van der Waals surface area contributed by atoms with E-state index < -0.39 is 11.6 Å². The number of H-pyrrole nitrogens is 1. The van der Waals surface area contributed by atoms with Gasteiger partial charge in [0.25, 0.3) is 0 Å². The summed E-state index contributed by atoms with van der Waals surface area (Å²) in [5.41, 5.74) is 11.0. The van der Waals surface area contributed by atoms with Gasteiger partial charge in [-0.1, -0.05) is 6.07 Å². The lowest BCUT2D eigenvalue weighted by Crippen LogP contribution is -2.48. The molecule has 4 aliphatic carbocycles. The monoisotopic (exact) mass is 434 g/mol. The summed E-state index contributed by atoms with van der Waals surface area (Å²) in [4.78, 5) is 3.47. The molecule has 32 heavy (non-hydrogen) atoms. The van der Waals surface area contributed by atoms with E-state index in [4.69, 9.17) is 5.73 Å². The Bertz CT molecular complexity index is 1130. The molecule has 3 aromatic rings. The SMILES string of the molecule is NCCCCc1c(-c2ccc(F)cc2F)[nH]c2ccc(C34CC5CC(CC(C5)C3)C4)cc12. The standard InChI is InChI=1S/C28H32F2N2/c29-21-5-6-23(25(30)13-21)27-22(3-1-2-8-31)24-12-20(4-7-26(24)32-27)28-14-17-9-18(15-28)11-19(10-17)16-28/h4-7,12-13,17-19,32H,1-3,8-11,14-16,31H2. The van der Waals surface area contributed by atoms with Crippen molar-refractivity contribution in [2.24, 2.45) is 23.5 Å². The van der Waals surface area contributed by atoms with Crippen LogP contribution in [0.15, 0.2) is 36.4 Å². The highest BCUT2D eigenvalue weighted by Gasteiger charge is 2.51. The number of unbranched alkanes of at least 4 members (excludes halogenated alkanes) is 1. The largest absolute Gasteiger partial charge is 0.354 e. The van der Waals surface area contributed by atoms with Crippen LogP contribution in [0.4, 0.5) is 8.78 Å². The highest BCUT2D eigenvalue weighted by molar-refractivity contribution is 5.91. The minimum absolute atomic E-state index is 0.329. The van der Waals surface area contributed by atoms with Crippen LogP contribution in [0.5, 0.6) is 0 Å².